The first-order valence-corrected chi connectivity index (χ1v) is 9.14. The minimum Gasteiger partial charge on any atom is -0.370 e. The molecule has 0 fully saturated rings. The van der Waals surface area contributed by atoms with Crippen molar-refractivity contribution in [3.05, 3.63) is 34.7 Å². The average molecular weight is 460 g/mol. The van der Waals surface area contributed by atoms with Gasteiger partial charge in [-0.3, -0.25) is 9.69 Å². The molecule has 1 heterocycles. The zero-order chi connectivity index (χ0) is 22.3. The summed E-state index contributed by atoms with van der Waals surface area (Å²) in [4.78, 5) is 13.3. The molecule has 162 valence electrons. The number of carbonyl (C=O) groups excluding carboxylic acids is 1. The number of amides is 1. The summed E-state index contributed by atoms with van der Waals surface area (Å²) >= 11 is 11.7. The zero-order valence-electron chi connectivity index (χ0n) is 15.6. The minimum absolute atomic E-state index is 0.0239. The fourth-order valence-corrected chi connectivity index (χ4v) is 2.85. The highest BCUT2D eigenvalue weighted by molar-refractivity contribution is 6.34. The molecule has 2 atom stereocenters. The van der Waals surface area contributed by atoms with Crippen LogP contribution in [0.4, 0.5) is 28.9 Å². The van der Waals surface area contributed by atoms with Crippen molar-refractivity contribution in [2.75, 3.05) is 23.1 Å². The molecule has 1 aromatic rings. The molecule has 1 aliphatic rings. The molecule has 1 amide bonds. The number of nitrogens with one attached hydrogen (secondary N) is 1. The van der Waals surface area contributed by atoms with Gasteiger partial charge in [0.2, 0.25) is 12.3 Å². The predicted octanol–water partition coefficient (Wildman–Crippen LogP) is 3.47. The number of benzene rings is 1. The number of nitrogens with zero attached hydrogens (tertiary/aromatic N) is 2. The topological polar surface area (TPSA) is 76.0 Å². The molecular weight excluding hydrogens is 441 g/mol. The number of carbonyl (C=O) groups is 1. The van der Waals surface area contributed by atoms with Crippen LogP contribution in [-0.2, 0) is 4.79 Å². The van der Waals surface area contributed by atoms with Crippen molar-refractivity contribution < 1.29 is 32.6 Å². The first-order chi connectivity index (χ1) is 13.2. The molecular formula is C17H19Cl2F4N3O3. The van der Waals surface area contributed by atoms with E-state index in [2.05, 4.69) is 5.32 Å². The third-order valence-electron chi connectivity index (χ3n) is 4.37. The van der Waals surface area contributed by atoms with E-state index in [1.807, 2.05) is 0 Å². The normalized spacial score (nSPS) is 20.6. The Morgan fingerprint density at radius 3 is 2.38 bits per heavy atom. The summed E-state index contributed by atoms with van der Waals surface area (Å²) in [6.07, 6.45) is -8.47. The molecule has 29 heavy (non-hydrogen) atoms. The number of anilines is 2. The van der Waals surface area contributed by atoms with Crippen LogP contribution in [0.5, 0.6) is 0 Å². The van der Waals surface area contributed by atoms with Crippen LogP contribution in [0.25, 0.3) is 0 Å². The van der Waals surface area contributed by atoms with Gasteiger partial charge in [-0.2, -0.15) is 13.2 Å². The maximum absolute atomic E-state index is 14.5. The van der Waals surface area contributed by atoms with Crippen molar-refractivity contribution in [3.63, 3.8) is 0 Å². The van der Waals surface area contributed by atoms with Crippen LogP contribution in [0.1, 0.15) is 13.8 Å². The van der Waals surface area contributed by atoms with Gasteiger partial charge in [-0.05, 0) is 32.1 Å². The molecule has 0 spiro atoms. The van der Waals surface area contributed by atoms with Crippen molar-refractivity contribution in [1.82, 2.24) is 4.90 Å². The maximum atomic E-state index is 14.5. The van der Waals surface area contributed by atoms with Crippen LogP contribution in [0, 0.1) is 11.2 Å². The molecule has 2 rings (SSSR count). The summed E-state index contributed by atoms with van der Waals surface area (Å²) in [6, 6.07) is 1.81. The molecule has 12 heteroatoms. The average Bonchev–Trinajstić information content (AvgIpc) is 2.60. The Balaban J connectivity index is 2.47. The summed E-state index contributed by atoms with van der Waals surface area (Å²) in [5, 5.41) is 22.7. The molecule has 0 aliphatic carbocycles. The molecule has 1 aromatic carbocycles. The van der Waals surface area contributed by atoms with Crippen LogP contribution in [-0.4, -0.2) is 52.7 Å². The van der Waals surface area contributed by atoms with E-state index in [9.17, 15) is 32.6 Å². The quantitative estimate of drug-likeness (QED) is 0.474. The second kappa shape index (κ2) is 8.17. The van der Waals surface area contributed by atoms with Crippen molar-refractivity contribution in [3.8, 4) is 0 Å². The molecule has 0 saturated heterocycles. The number of aliphatic hydroxyl groups excluding tert-OH is 2. The Morgan fingerprint density at radius 1 is 1.28 bits per heavy atom. The van der Waals surface area contributed by atoms with E-state index in [4.69, 9.17) is 23.2 Å². The van der Waals surface area contributed by atoms with Gasteiger partial charge in [0.1, 0.15) is 11.5 Å². The van der Waals surface area contributed by atoms with Gasteiger partial charge in [0.15, 0.2) is 6.23 Å². The Morgan fingerprint density at radius 2 is 1.86 bits per heavy atom. The van der Waals surface area contributed by atoms with Gasteiger partial charge in [-0.25, -0.2) is 4.39 Å². The van der Waals surface area contributed by atoms with Crippen LogP contribution in [0.2, 0.25) is 5.02 Å². The number of hydrogen-bond acceptors (Lipinski definition) is 5. The fourth-order valence-electron chi connectivity index (χ4n) is 2.53. The van der Waals surface area contributed by atoms with E-state index >= 15 is 0 Å². The number of hydrogen-bond donors (Lipinski definition) is 3. The van der Waals surface area contributed by atoms with Crippen molar-refractivity contribution in [2.45, 2.75) is 32.6 Å². The second-order valence-electron chi connectivity index (χ2n) is 7.08. The molecule has 3 N–H and O–H groups in total. The number of halogens is 6. The first-order valence-electron chi connectivity index (χ1n) is 8.23. The van der Waals surface area contributed by atoms with E-state index in [1.165, 1.54) is 0 Å². The van der Waals surface area contributed by atoms with Crippen molar-refractivity contribution in [1.29, 1.82) is 0 Å². The van der Waals surface area contributed by atoms with Crippen LogP contribution in [0.15, 0.2) is 23.9 Å². The Bertz CT molecular complexity index is 833. The summed E-state index contributed by atoms with van der Waals surface area (Å²) in [5.41, 5.74) is -2.83. The molecule has 0 radical (unpaired) electrons. The van der Waals surface area contributed by atoms with Crippen molar-refractivity contribution >= 4 is 40.5 Å². The van der Waals surface area contributed by atoms with Crippen LogP contribution in [0.3, 0.4) is 0 Å². The highest BCUT2D eigenvalue weighted by atomic mass is 35.5. The summed E-state index contributed by atoms with van der Waals surface area (Å²) in [5.74, 6) is -1.59. The van der Waals surface area contributed by atoms with E-state index in [1.54, 1.807) is 13.8 Å². The van der Waals surface area contributed by atoms with Gasteiger partial charge < -0.3 is 20.4 Å². The zero-order valence-corrected chi connectivity index (χ0v) is 17.1. The number of alkyl halides is 4. The van der Waals surface area contributed by atoms with E-state index < -0.39 is 47.3 Å². The first kappa shape index (κ1) is 23.5. The fraction of sp³-hybridized carbons (Fsp3) is 0.471. The lowest BCUT2D eigenvalue weighted by Crippen LogP contribution is -2.56. The smallest absolute Gasteiger partial charge is 0.370 e. The minimum atomic E-state index is -4.84. The van der Waals surface area contributed by atoms with Gasteiger partial charge in [-0.1, -0.05) is 11.6 Å². The molecule has 2 unspecified atom stereocenters. The van der Waals surface area contributed by atoms with E-state index in [-0.39, 0.29) is 16.6 Å². The number of rotatable bonds is 4. The van der Waals surface area contributed by atoms with E-state index in [0.29, 0.717) is 15.9 Å². The number of allylic oxidation sites excluding steroid dienone is 1. The van der Waals surface area contributed by atoms with Gasteiger partial charge in [0, 0.05) is 12.9 Å². The summed E-state index contributed by atoms with van der Waals surface area (Å²) < 4.78 is 53.7. The highest BCUT2D eigenvalue weighted by Gasteiger charge is 2.45. The molecule has 6 nitrogen and oxygen atoms in total. The predicted molar refractivity (Wildman–Crippen MR) is 101 cm³/mol. The monoisotopic (exact) mass is 459 g/mol. The molecule has 1 aliphatic heterocycles. The Hall–Kier alpha value is -1.75. The molecule has 0 aromatic heterocycles. The lowest BCUT2D eigenvalue weighted by atomic mass is 9.95. The van der Waals surface area contributed by atoms with Gasteiger partial charge in [-0.15, -0.1) is 11.6 Å². The van der Waals surface area contributed by atoms with Gasteiger partial charge in [0.25, 0.3) is 0 Å². The van der Waals surface area contributed by atoms with Crippen LogP contribution >= 0.6 is 23.2 Å². The third-order valence-corrected chi connectivity index (χ3v) is 5.35. The lowest BCUT2D eigenvalue weighted by molar-refractivity contribution is -0.133. The highest BCUT2D eigenvalue weighted by Crippen LogP contribution is 2.38. The second-order valence-corrected chi connectivity index (χ2v) is 7.76. The summed E-state index contributed by atoms with van der Waals surface area (Å²) in [7, 11) is 0.933. The maximum Gasteiger partial charge on any atom is 0.431 e. The third kappa shape index (κ3) is 4.71. The SMILES string of the molecule is CN1C(C(F)(F)F)=CC(O)N(c2cc(NC(=O)C(C)(C)CCl)c(Cl)cc2F)C1O. The van der Waals surface area contributed by atoms with Gasteiger partial charge in [0.05, 0.1) is 21.8 Å². The van der Waals surface area contributed by atoms with Crippen molar-refractivity contribution in [2.24, 2.45) is 5.41 Å². The van der Waals surface area contributed by atoms with Gasteiger partial charge >= 0.3 is 6.18 Å². The van der Waals surface area contributed by atoms with Crippen LogP contribution < -0.4 is 10.2 Å². The standard InChI is InChI=1S/C17H19Cl2F4N3O3/c1-16(2,7-18)14(28)24-10-5-11(9(20)4-8(10)19)26-13(27)6-12(17(21,22)23)25(3)15(26)29/h4-6,13,15,27,29H,7H2,1-3H3,(H,24,28). The molecule has 0 bridgehead atoms. The lowest BCUT2D eigenvalue weighted by Gasteiger charge is -2.43. The number of aliphatic hydroxyl groups is 2. The molecule has 0 saturated carbocycles. The van der Waals surface area contributed by atoms with E-state index in [0.717, 1.165) is 19.2 Å². The Kier molecular flexibility index (Phi) is 6.63. The Labute approximate surface area is 174 Å². The summed E-state index contributed by atoms with van der Waals surface area (Å²) in [6.45, 7) is 3.12. The largest absolute Gasteiger partial charge is 0.431 e.